The molecule has 0 bridgehead atoms. The van der Waals surface area contributed by atoms with Crippen LogP contribution in [0.1, 0.15) is 5.89 Å². The number of nitrogens with zero attached hydrogens (tertiary/aromatic N) is 2. The van der Waals surface area contributed by atoms with Gasteiger partial charge in [-0.3, -0.25) is 4.72 Å². The first-order chi connectivity index (χ1) is 13.2. The average molecular weight is 425 g/mol. The van der Waals surface area contributed by atoms with E-state index in [0.717, 1.165) is 4.70 Å². The van der Waals surface area contributed by atoms with E-state index in [4.69, 9.17) is 0 Å². The van der Waals surface area contributed by atoms with E-state index in [1.807, 2.05) is 12.1 Å². The van der Waals surface area contributed by atoms with Gasteiger partial charge in [-0.15, -0.1) is 11.3 Å². The Morgan fingerprint density at radius 3 is 2.43 bits per heavy atom. The van der Waals surface area contributed by atoms with E-state index in [0.29, 0.717) is 5.39 Å². The van der Waals surface area contributed by atoms with Gasteiger partial charge in [-0.25, -0.2) is 8.42 Å². The Morgan fingerprint density at radius 2 is 1.75 bits per heavy atom. The van der Waals surface area contributed by atoms with Crippen LogP contribution in [0.2, 0.25) is 0 Å². The zero-order chi connectivity index (χ0) is 19.9. The van der Waals surface area contributed by atoms with Crippen LogP contribution in [0.3, 0.4) is 0 Å². The second kappa shape index (κ2) is 6.60. The van der Waals surface area contributed by atoms with Crippen molar-refractivity contribution in [1.29, 1.82) is 0 Å². The summed E-state index contributed by atoms with van der Waals surface area (Å²) in [6, 6.07) is 12.7. The summed E-state index contributed by atoms with van der Waals surface area (Å²) in [5.41, 5.74) is 0.502. The molecule has 4 rings (SSSR count). The molecule has 4 aromatic rings. The topological polar surface area (TPSA) is 85.1 Å². The molecule has 0 amide bonds. The molecule has 0 unspecified atom stereocenters. The molecule has 0 aliphatic rings. The average Bonchev–Trinajstić information content (AvgIpc) is 3.29. The smallest absolute Gasteiger partial charge is 0.329 e. The van der Waals surface area contributed by atoms with Crippen molar-refractivity contribution in [1.82, 2.24) is 10.1 Å². The van der Waals surface area contributed by atoms with Crippen LogP contribution >= 0.6 is 11.3 Å². The van der Waals surface area contributed by atoms with Crippen LogP contribution in [0.4, 0.5) is 18.9 Å². The number of benzene rings is 2. The van der Waals surface area contributed by atoms with Crippen LogP contribution in [-0.4, -0.2) is 18.6 Å². The summed E-state index contributed by atoms with van der Waals surface area (Å²) in [5, 5.41) is 5.46. The van der Waals surface area contributed by atoms with Gasteiger partial charge in [-0.2, -0.15) is 18.2 Å². The fraction of sp³-hybridized carbons (Fsp3) is 0.0588. The number of sulfonamides is 1. The summed E-state index contributed by atoms with van der Waals surface area (Å²) in [6.45, 7) is 0. The van der Waals surface area contributed by atoms with Gasteiger partial charge in [-0.1, -0.05) is 23.4 Å². The van der Waals surface area contributed by atoms with Gasteiger partial charge in [0.05, 0.1) is 0 Å². The highest BCUT2D eigenvalue weighted by Gasteiger charge is 2.38. The first-order valence-electron chi connectivity index (χ1n) is 7.74. The maximum Gasteiger partial charge on any atom is 0.471 e. The van der Waals surface area contributed by atoms with Crippen LogP contribution in [0.15, 0.2) is 63.3 Å². The van der Waals surface area contributed by atoms with Crippen molar-refractivity contribution in [2.75, 3.05) is 4.72 Å². The van der Waals surface area contributed by atoms with Crippen molar-refractivity contribution in [2.45, 2.75) is 11.1 Å². The number of nitrogens with one attached hydrogen (secondary N) is 1. The zero-order valence-corrected chi connectivity index (χ0v) is 15.4. The van der Waals surface area contributed by atoms with E-state index in [-0.39, 0.29) is 22.0 Å². The van der Waals surface area contributed by atoms with Gasteiger partial charge < -0.3 is 4.52 Å². The summed E-state index contributed by atoms with van der Waals surface area (Å²) in [4.78, 5) is 3.45. The first kappa shape index (κ1) is 18.4. The molecule has 11 heteroatoms. The maximum atomic E-state index is 12.7. The third-order valence-corrected chi connectivity index (χ3v) is 6.33. The minimum absolute atomic E-state index is 0.158. The molecule has 1 N–H and O–H groups in total. The molecule has 2 aromatic heterocycles. The molecule has 0 aliphatic carbocycles. The fourth-order valence-electron chi connectivity index (χ4n) is 2.51. The molecule has 0 saturated carbocycles. The number of hydrogen-bond acceptors (Lipinski definition) is 6. The second-order valence-electron chi connectivity index (χ2n) is 5.70. The van der Waals surface area contributed by atoms with Crippen LogP contribution in [0, 0.1) is 0 Å². The van der Waals surface area contributed by atoms with Gasteiger partial charge in [0.2, 0.25) is 5.82 Å². The van der Waals surface area contributed by atoms with Gasteiger partial charge in [0.15, 0.2) is 0 Å². The molecule has 28 heavy (non-hydrogen) atoms. The lowest BCUT2D eigenvalue weighted by Gasteiger charge is -2.07. The second-order valence-corrected chi connectivity index (χ2v) is 8.26. The summed E-state index contributed by atoms with van der Waals surface area (Å²) in [5.74, 6) is -1.69. The van der Waals surface area contributed by atoms with E-state index < -0.39 is 22.1 Å². The fourth-order valence-corrected chi connectivity index (χ4v) is 5.08. The molecule has 0 spiro atoms. The minimum Gasteiger partial charge on any atom is -0.329 e. The molecular weight excluding hydrogens is 415 g/mol. The number of alkyl halides is 3. The van der Waals surface area contributed by atoms with E-state index in [1.54, 1.807) is 17.5 Å². The Hall–Kier alpha value is -2.92. The SMILES string of the molecule is O=S(=O)(Nc1ccc(-c2noc(C(F)(F)F)n2)cc1)c1csc2ccccc12. The molecule has 6 nitrogen and oxygen atoms in total. The van der Waals surface area contributed by atoms with Crippen molar-refractivity contribution >= 4 is 37.1 Å². The van der Waals surface area contributed by atoms with Gasteiger partial charge in [0.1, 0.15) is 4.90 Å². The number of fused-ring (bicyclic) bond motifs is 1. The molecule has 0 aliphatic heterocycles. The normalized spacial score (nSPS) is 12.4. The van der Waals surface area contributed by atoms with E-state index >= 15 is 0 Å². The highest BCUT2D eigenvalue weighted by molar-refractivity contribution is 7.93. The molecule has 2 heterocycles. The van der Waals surface area contributed by atoms with E-state index in [9.17, 15) is 21.6 Å². The number of anilines is 1. The molecule has 0 radical (unpaired) electrons. The standard InChI is InChI=1S/C17H10F3N3O3S2/c18-17(19,20)16-21-15(22-26-16)10-5-7-11(8-6-10)23-28(24,25)14-9-27-13-4-2-1-3-12(13)14/h1-9,23H. The van der Waals surface area contributed by atoms with Gasteiger partial charge in [0, 0.05) is 26.7 Å². The van der Waals surface area contributed by atoms with Crippen molar-refractivity contribution in [3.8, 4) is 11.4 Å². The van der Waals surface area contributed by atoms with E-state index in [2.05, 4.69) is 19.4 Å². The third kappa shape index (κ3) is 3.45. The number of halogens is 3. The largest absolute Gasteiger partial charge is 0.471 e. The van der Waals surface area contributed by atoms with Gasteiger partial charge >= 0.3 is 12.1 Å². The van der Waals surface area contributed by atoms with Crippen molar-refractivity contribution < 1.29 is 26.1 Å². The molecular formula is C17H10F3N3O3S2. The summed E-state index contributed by atoms with van der Waals surface area (Å²) in [6.07, 6.45) is -4.73. The zero-order valence-electron chi connectivity index (χ0n) is 13.8. The number of aromatic nitrogens is 2. The Morgan fingerprint density at radius 1 is 1.04 bits per heavy atom. The van der Waals surface area contributed by atoms with Crippen LogP contribution in [-0.2, 0) is 16.2 Å². The lowest BCUT2D eigenvalue weighted by atomic mass is 10.2. The van der Waals surface area contributed by atoms with Crippen LogP contribution < -0.4 is 4.72 Å². The van der Waals surface area contributed by atoms with Crippen molar-refractivity contribution in [2.24, 2.45) is 0 Å². The summed E-state index contributed by atoms with van der Waals surface area (Å²) in [7, 11) is -3.83. The Labute approximate surface area is 160 Å². The Bertz CT molecular complexity index is 1250. The Kier molecular flexibility index (Phi) is 4.35. The molecule has 0 fully saturated rings. The monoisotopic (exact) mass is 425 g/mol. The highest BCUT2D eigenvalue weighted by atomic mass is 32.2. The van der Waals surface area contributed by atoms with Crippen molar-refractivity contribution in [3.63, 3.8) is 0 Å². The third-order valence-electron chi connectivity index (χ3n) is 3.80. The predicted molar refractivity (Wildman–Crippen MR) is 97.4 cm³/mol. The molecule has 144 valence electrons. The molecule has 0 atom stereocenters. The van der Waals surface area contributed by atoms with Gasteiger partial charge in [0.25, 0.3) is 10.0 Å². The number of hydrogen-bond donors (Lipinski definition) is 1. The minimum atomic E-state index is -4.73. The Balaban J connectivity index is 1.58. The molecule has 2 aromatic carbocycles. The predicted octanol–water partition coefficient (Wildman–Crippen LogP) is 4.77. The maximum absolute atomic E-state index is 12.7. The van der Waals surface area contributed by atoms with Crippen LogP contribution in [0.25, 0.3) is 21.5 Å². The highest BCUT2D eigenvalue weighted by Crippen LogP contribution is 2.32. The van der Waals surface area contributed by atoms with Gasteiger partial charge in [-0.05, 0) is 30.3 Å². The first-order valence-corrected chi connectivity index (χ1v) is 10.1. The lowest BCUT2D eigenvalue weighted by molar-refractivity contribution is -0.159. The summed E-state index contributed by atoms with van der Waals surface area (Å²) < 4.78 is 70.5. The van der Waals surface area contributed by atoms with Crippen LogP contribution in [0.5, 0.6) is 0 Å². The van der Waals surface area contributed by atoms with Crippen molar-refractivity contribution in [3.05, 3.63) is 59.8 Å². The number of thiophene rings is 1. The lowest BCUT2D eigenvalue weighted by Crippen LogP contribution is -2.12. The van der Waals surface area contributed by atoms with E-state index in [1.165, 1.54) is 35.6 Å². The molecule has 0 saturated heterocycles. The summed E-state index contributed by atoms with van der Waals surface area (Å²) >= 11 is 1.32. The quantitative estimate of drug-likeness (QED) is 0.509. The number of rotatable bonds is 4.